The molecule has 0 fully saturated rings. The Kier molecular flexibility index (Phi) is 2.61. The van der Waals surface area contributed by atoms with Crippen LogP contribution in [0.4, 0.5) is 10.1 Å². The van der Waals surface area contributed by atoms with E-state index in [1.165, 1.54) is 18.2 Å². The number of hydrogen-bond donors (Lipinski definition) is 0. The fourth-order valence-electron chi connectivity index (χ4n) is 2.09. The first-order valence-corrected chi connectivity index (χ1v) is 5.90. The summed E-state index contributed by atoms with van der Waals surface area (Å²) in [6, 6.07) is 10.3. The number of nitrogens with zero attached hydrogens (tertiary/aromatic N) is 1. The lowest BCUT2D eigenvalue weighted by atomic mass is 10.1. The van der Waals surface area contributed by atoms with E-state index in [4.69, 9.17) is 11.6 Å². The number of halogens is 2. The molecule has 2 aromatic carbocycles. The number of carbonyl (C=O) groups excluding carboxylic acids is 2. The van der Waals surface area contributed by atoms with Crippen LogP contribution in [-0.4, -0.2) is 11.8 Å². The van der Waals surface area contributed by atoms with E-state index in [0.29, 0.717) is 10.7 Å². The van der Waals surface area contributed by atoms with Crippen molar-refractivity contribution >= 4 is 29.1 Å². The van der Waals surface area contributed by atoms with E-state index in [0.717, 1.165) is 11.0 Å². The Morgan fingerprint density at radius 2 is 1.74 bits per heavy atom. The Hall–Kier alpha value is -2.20. The van der Waals surface area contributed by atoms with Crippen molar-refractivity contribution in [1.82, 2.24) is 0 Å². The highest BCUT2D eigenvalue weighted by molar-refractivity contribution is 6.35. The molecular formula is C14H7ClFNO2. The van der Waals surface area contributed by atoms with E-state index in [1.54, 1.807) is 18.2 Å². The van der Waals surface area contributed by atoms with Gasteiger partial charge < -0.3 is 0 Å². The van der Waals surface area contributed by atoms with Crippen LogP contribution in [0.5, 0.6) is 0 Å². The van der Waals surface area contributed by atoms with E-state index in [1.807, 2.05) is 0 Å². The van der Waals surface area contributed by atoms with Gasteiger partial charge in [-0.3, -0.25) is 9.59 Å². The van der Waals surface area contributed by atoms with Gasteiger partial charge in [0.1, 0.15) is 5.82 Å². The second-order valence-electron chi connectivity index (χ2n) is 4.09. The molecule has 3 rings (SSSR count). The predicted molar refractivity (Wildman–Crippen MR) is 69.0 cm³/mol. The molecule has 2 amide bonds. The highest BCUT2D eigenvalue weighted by atomic mass is 35.5. The molecule has 5 heteroatoms. The van der Waals surface area contributed by atoms with Gasteiger partial charge in [-0.15, -0.1) is 0 Å². The Morgan fingerprint density at radius 3 is 2.42 bits per heavy atom. The smallest absolute Gasteiger partial charge is 0.268 e. The van der Waals surface area contributed by atoms with Crippen LogP contribution in [0.15, 0.2) is 42.5 Å². The first-order valence-electron chi connectivity index (χ1n) is 5.52. The molecule has 3 nitrogen and oxygen atoms in total. The van der Waals surface area contributed by atoms with Crippen LogP contribution in [0.1, 0.15) is 20.7 Å². The summed E-state index contributed by atoms with van der Waals surface area (Å²) in [5, 5.41) is 0.398. The Morgan fingerprint density at radius 1 is 1.00 bits per heavy atom. The van der Waals surface area contributed by atoms with Gasteiger partial charge >= 0.3 is 0 Å². The number of anilines is 1. The van der Waals surface area contributed by atoms with E-state index < -0.39 is 17.6 Å². The second kappa shape index (κ2) is 4.17. The van der Waals surface area contributed by atoms with Crippen molar-refractivity contribution in [1.29, 1.82) is 0 Å². The van der Waals surface area contributed by atoms with Gasteiger partial charge in [0.15, 0.2) is 0 Å². The van der Waals surface area contributed by atoms with Crippen molar-refractivity contribution < 1.29 is 14.0 Å². The lowest BCUT2D eigenvalue weighted by molar-refractivity contribution is 0.0925. The van der Waals surface area contributed by atoms with Crippen molar-refractivity contribution in [3.05, 3.63) is 64.4 Å². The van der Waals surface area contributed by atoms with Crippen LogP contribution in [0.2, 0.25) is 5.02 Å². The number of amides is 2. The van der Waals surface area contributed by atoms with E-state index in [2.05, 4.69) is 0 Å². The van der Waals surface area contributed by atoms with Crippen LogP contribution in [0.25, 0.3) is 0 Å². The highest BCUT2D eigenvalue weighted by Crippen LogP contribution is 2.30. The summed E-state index contributed by atoms with van der Waals surface area (Å²) in [5.74, 6) is -1.90. The first kappa shape index (κ1) is 11.9. The molecule has 0 aromatic heterocycles. The molecule has 0 atom stereocenters. The first-order chi connectivity index (χ1) is 9.09. The molecule has 1 aliphatic rings. The number of benzene rings is 2. The molecular weight excluding hydrogens is 269 g/mol. The number of carbonyl (C=O) groups is 2. The molecule has 0 spiro atoms. The van der Waals surface area contributed by atoms with Crippen molar-refractivity contribution in [2.75, 3.05) is 4.90 Å². The standard InChI is InChI=1S/C14H7ClFNO2/c15-8-3-1-4-9(7-8)17-13(18)10-5-2-6-11(16)12(10)14(17)19/h1-7H. The van der Waals surface area contributed by atoms with Crippen LogP contribution in [0, 0.1) is 5.82 Å². The number of rotatable bonds is 1. The number of fused-ring (bicyclic) bond motifs is 1. The highest BCUT2D eigenvalue weighted by Gasteiger charge is 2.38. The largest absolute Gasteiger partial charge is 0.269 e. The summed E-state index contributed by atoms with van der Waals surface area (Å²) in [6.07, 6.45) is 0. The third-order valence-corrected chi connectivity index (χ3v) is 3.17. The molecule has 0 bridgehead atoms. The minimum atomic E-state index is -0.694. The molecule has 0 N–H and O–H groups in total. The normalized spacial score (nSPS) is 13.9. The Bertz CT molecular complexity index is 714. The fourth-order valence-corrected chi connectivity index (χ4v) is 2.28. The monoisotopic (exact) mass is 275 g/mol. The molecule has 19 heavy (non-hydrogen) atoms. The molecule has 0 radical (unpaired) electrons. The van der Waals surface area contributed by atoms with Crippen LogP contribution < -0.4 is 4.90 Å². The third kappa shape index (κ3) is 1.72. The Balaban J connectivity index is 2.16. The van der Waals surface area contributed by atoms with Gasteiger partial charge in [-0.2, -0.15) is 0 Å². The molecule has 1 heterocycles. The third-order valence-electron chi connectivity index (χ3n) is 2.93. The minimum absolute atomic E-state index is 0.0741. The maximum Gasteiger partial charge on any atom is 0.269 e. The molecule has 0 saturated heterocycles. The van der Waals surface area contributed by atoms with Crippen LogP contribution in [0.3, 0.4) is 0 Å². The van der Waals surface area contributed by atoms with Gasteiger partial charge in [0.2, 0.25) is 0 Å². The van der Waals surface area contributed by atoms with Crippen LogP contribution >= 0.6 is 11.6 Å². The molecule has 0 unspecified atom stereocenters. The van der Waals surface area contributed by atoms with Gasteiger partial charge in [-0.25, -0.2) is 9.29 Å². The average molecular weight is 276 g/mol. The van der Waals surface area contributed by atoms with E-state index in [9.17, 15) is 14.0 Å². The number of imide groups is 1. The van der Waals surface area contributed by atoms with E-state index >= 15 is 0 Å². The summed E-state index contributed by atoms with van der Waals surface area (Å²) in [5.41, 5.74) is 0.218. The lowest BCUT2D eigenvalue weighted by Gasteiger charge is -2.13. The maximum absolute atomic E-state index is 13.7. The lowest BCUT2D eigenvalue weighted by Crippen LogP contribution is -2.29. The summed E-state index contributed by atoms with van der Waals surface area (Å²) < 4.78 is 13.7. The zero-order chi connectivity index (χ0) is 13.6. The molecule has 94 valence electrons. The topological polar surface area (TPSA) is 37.4 Å². The fraction of sp³-hybridized carbons (Fsp3) is 0. The second-order valence-corrected chi connectivity index (χ2v) is 4.52. The molecule has 0 saturated carbocycles. The molecule has 1 aliphatic heterocycles. The van der Waals surface area contributed by atoms with Gasteiger partial charge in [0.25, 0.3) is 11.8 Å². The van der Waals surface area contributed by atoms with Crippen molar-refractivity contribution in [2.45, 2.75) is 0 Å². The average Bonchev–Trinajstić information content (AvgIpc) is 2.63. The SMILES string of the molecule is O=C1c2cccc(F)c2C(=O)N1c1cccc(Cl)c1. The van der Waals surface area contributed by atoms with Crippen molar-refractivity contribution in [2.24, 2.45) is 0 Å². The quantitative estimate of drug-likeness (QED) is 0.749. The van der Waals surface area contributed by atoms with Crippen molar-refractivity contribution in [3.63, 3.8) is 0 Å². The maximum atomic E-state index is 13.7. The summed E-state index contributed by atoms with van der Waals surface area (Å²) in [4.78, 5) is 25.3. The summed E-state index contributed by atoms with van der Waals surface area (Å²) >= 11 is 5.84. The molecule has 2 aromatic rings. The molecule has 0 aliphatic carbocycles. The van der Waals surface area contributed by atoms with Gasteiger partial charge in [-0.05, 0) is 30.3 Å². The predicted octanol–water partition coefficient (Wildman–Crippen LogP) is 3.28. The van der Waals surface area contributed by atoms with Gasteiger partial charge in [0.05, 0.1) is 16.8 Å². The van der Waals surface area contributed by atoms with Crippen LogP contribution in [-0.2, 0) is 0 Å². The zero-order valence-corrected chi connectivity index (χ0v) is 10.3. The minimum Gasteiger partial charge on any atom is -0.268 e. The van der Waals surface area contributed by atoms with Gasteiger partial charge in [0, 0.05) is 5.02 Å². The summed E-state index contributed by atoms with van der Waals surface area (Å²) in [7, 11) is 0. The Labute approximate surface area is 113 Å². The van der Waals surface area contributed by atoms with E-state index in [-0.39, 0.29) is 11.1 Å². The zero-order valence-electron chi connectivity index (χ0n) is 9.56. The number of hydrogen-bond acceptors (Lipinski definition) is 2. The van der Waals surface area contributed by atoms with Gasteiger partial charge in [-0.1, -0.05) is 23.7 Å². The summed E-state index contributed by atoms with van der Waals surface area (Å²) in [6.45, 7) is 0. The van der Waals surface area contributed by atoms with Crippen molar-refractivity contribution in [3.8, 4) is 0 Å².